The van der Waals surface area contributed by atoms with Gasteiger partial charge in [-0.05, 0) is 21.5 Å². The zero-order valence-corrected chi connectivity index (χ0v) is 18.0. The number of halogens is 2. The van der Waals surface area contributed by atoms with Gasteiger partial charge in [0.15, 0.2) is 0 Å². The van der Waals surface area contributed by atoms with Gasteiger partial charge in [-0.2, -0.15) is 8.78 Å². The SMILES string of the molecule is C=CC(F)(F)C(O)C(C)CO[Si](c1ccccc1)(c1ccccc1)C(C)(C)C. The molecule has 2 aromatic carbocycles. The van der Waals surface area contributed by atoms with Gasteiger partial charge in [0.05, 0.1) is 0 Å². The first-order valence-electron chi connectivity index (χ1n) is 9.50. The number of aliphatic hydroxyl groups is 1. The summed E-state index contributed by atoms with van der Waals surface area (Å²) in [5.74, 6) is -4.11. The molecule has 0 aliphatic rings. The number of hydrogen-bond acceptors (Lipinski definition) is 2. The summed E-state index contributed by atoms with van der Waals surface area (Å²) < 4.78 is 34.4. The van der Waals surface area contributed by atoms with Gasteiger partial charge in [-0.25, -0.2) is 0 Å². The molecule has 0 aromatic heterocycles. The molecule has 2 atom stereocenters. The summed E-state index contributed by atoms with van der Waals surface area (Å²) in [6, 6.07) is 20.0. The molecule has 0 heterocycles. The second-order valence-electron chi connectivity index (χ2n) is 8.28. The Kier molecular flexibility index (Phi) is 6.96. The first-order valence-corrected chi connectivity index (χ1v) is 11.4. The highest BCUT2D eigenvalue weighted by molar-refractivity contribution is 6.99. The maximum atomic E-state index is 13.9. The van der Waals surface area contributed by atoms with Gasteiger partial charge < -0.3 is 9.53 Å². The van der Waals surface area contributed by atoms with Crippen molar-refractivity contribution in [2.24, 2.45) is 5.92 Å². The van der Waals surface area contributed by atoms with E-state index in [4.69, 9.17) is 4.43 Å². The van der Waals surface area contributed by atoms with E-state index in [9.17, 15) is 13.9 Å². The molecule has 0 fully saturated rings. The van der Waals surface area contributed by atoms with Gasteiger partial charge in [0.25, 0.3) is 14.2 Å². The second kappa shape index (κ2) is 8.68. The van der Waals surface area contributed by atoms with E-state index in [0.717, 1.165) is 10.4 Å². The van der Waals surface area contributed by atoms with E-state index >= 15 is 0 Å². The van der Waals surface area contributed by atoms with Gasteiger partial charge >= 0.3 is 0 Å². The third kappa shape index (κ3) is 4.42. The van der Waals surface area contributed by atoms with Gasteiger partial charge in [-0.15, -0.1) is 0 Å². The average molecular weight is 405 g/mol. The third-order valence-corrected chi connectivity index (χ3v) is 10.2. The van der Waals surface area contributed by atoms with Crippen molar-refractivity contribution in [3.63, 3.8) is 0 Å². The summed E-state index contributed by atoms with van der Waals surface area (Å²) >= 11 is 0. The van der Waals surface area contributed by atoms with Crippen LogP contribution in [-0.2, 0) is 4.43 Å². The van der Waals surface area contributed by atoms with Crippen LogP contribution in [0.1, 0.15) is 27.7 Å². The number of aliphatic hydroxyl groups excluding tert-OH is 1. The molecule has 2 aromatic rings. The Balaban J connectivity index is 2.49. The minimum absolute atomic E-state index is 0.0257. The van der Waals surface area contributed by atoms with Crippen LogP contribution >= 0.6 is 0 Å². The Morgan fingerprint density at radius 1 is 1.00 bits per heavy atom. The fraction of sp³-hybridized carbons (Fsp3) is 0.391. The lowest BCUT2D eigenvalue weighted by molar-refractivity contribution is -0.0995. The quantitative estimate of drug-likeness (QED) is 0.523. The van der Waals surface area contributed by atoms with E-state index < -0.39 is 26.3 Å². The molecule has 28 heavy (non-hydrogen) atoms. The smallest absolute Gasteiger partial charge is 0.291 e. The molecular formula is C23H30F2O2Si. The molecule has 5 heteroatoms. The van der Waals surface area contributed by atoms with E-state index in [-0.39, 0.29) is 11.6 Å². The number of benzene rings is 2. The van der Waals surface area contributed by atoms with E-state index in [0.29, 0.717) is 6.08 Å². The summed E-state index contributed by atoms with van der Waals surface area (Å²) in [5.41, 5.74) is 0. The molecule has 0 radical (unpaired) electrons. The number of alkyl halides is 2. The predicted molar refractivity (Wildman–Crippen MR) is 114 cm³/mol. The summed E-state index contributed by atoms with van der Waals surface area (Å²) in [6.45, 7) is 11.1. The zero-order chi connectivity index (χ0) is 21.0. The largest absolute Gasteiger partial charge is 0.407 e. The van der Waals surface area contributed by atoms with Crippen LogP contribution in [0, 0.1) is 5.92 Å². The van der Waals surface area contributed by atoms with Crippen LogP contribution in [-0.4, -0.2) is 32.1 Å². The fourth-order valence-electron chi connectivity index (χ4n) is 3.61. The van der Waals surface area contributed by atoms with E-state index in [2.05, 4.69) is 27.4 Å². The van der Waals surface area contributed by atoms with Crippen molar-refractivity contribution >= 4 is 18.7 Å². The predicted octanol–water partition coefficient (Wildman–Crippen LogP) is 4.38. The lowest BCUT2D eigenvalue weighted by Crippen LogP contribution is -2.67. The lowest BCUT2D eigenvalue weighted by Gasteiger charge is -2.44. The summed E-state index contributed by atoms with van der Waals surface area (Å²) in [6.07, 6.45) is -1.35. The van der Waals surface area contributed by atoms with Crippen LogP contribution in [0.25, 0.3) is 0 Å². The third-order valence-electron chi connectivity index (χ3n) is 5.19. The Morgan fingerprint density at radius 3 is 1.79 bits per heavy atom. The highest BCUT2D eigenvalue weighted by atomic mass is 28.4. The molecular weight excluding hydrogens is 374 g/mol. The van der Waals surface area contributed by atoms with Crippen LogP contribution in [0.4, 0.5) is 8.78 Å². The normalized spacial score (nSPS) is 15.1. The van der Waals surface area contributed by atoms with Gasteiger partial charge in [-0.1, -0.05) is 94.9 Å². The average Bonchev–Trinajstić information content (AvgIpc) is 2.68. The van der Waals surface area contributed by atoms with Gasteiger partial charge in [-0.3, -0.25) is 0 Å². The monoisotopic (exact) mass is 404 g/mol. The molecule has 0 aliphatic heterocycles. The highest BCUT2D eigenvalue weighted by Crippen LogP contribution is 2.37. The molecule has 0 aliphatic carbocycles. The molecule has 152 valence electrons. The van der Waals surface area contributed by atoms with E-state index in [1.54, 1.807) is 6.92 Å². The van der Waals surface area contributed by atoms with Crippen LogP contribution in [0.5, 0.6) is 0 Å². The lowest BCUT2D eigenvalue weighted by atomic mass is 10.00. The molecule has 2 nitrogen and oxygen atoms in total. The Labute approximate surface area is 168 Å². The molecule has 2 unspecified atom stereocenters. The van der Waals surface area contributed by atoms with Gasteiger partial charge in [0, 0.05) is 12.5 Å². The van der Waals surface area contributed by atoms with Crippen molar-refractivity contribution in [1.29, 1.82) is 0 Å². The van der Waals surface area contributed by atoms with Crippen LogP contribution in [0.2, 0.25) is 5.04 Å². The fourth-order valence-corrected chi connectivity index (χ4v) is 8.28. The highest BCUT2D eigenvalue weighted by Gasteiger charge is 2.51. The van der Waals surface area contributed by atoms with Crippen molar-refractivity contribution in [2.75, 3.05) is 6.61 Å². The minimum atomic E-state index is -3.35. The Hall–Kier alpha value is -1.82. The molecule has 0 bridgehead atoms. The van der Waals surface area contributed by atoms with Gasteiger partial charge in [0.1, 0.15) is 6.10 Å². The van der Waals surface area contributed by atoms with Gasteiger partial charge in [0.2, 0.25) is 0 Å². The van der Waals surface area contributed by atoms with Crippen molar-refractivity contribution in [3.8, 4) is 0 Å². The maximum Gasteiger partial charge on any atom is 0.291 e. The maximum absolute atomic E-state index is 13.9. The first-order chi connectivity index (χ1) is 13.1. The molecule has 0 saturated carbocycles. The topological polar surface area (TPSA) is 29.5 Å². The van der Waals surface area contributed by atoms with E-state index in [1.807, 2.05) is 60.7 Å². The van der Waals surface area contributed by atoms with Crippen molar-refractivity contribution in [3.05, 3.63) is 73.3 Å². The zero-order valence-electron chi connectivity index (χ0n) is 17.0. The number of hydrogen-bond donors (Lipinski definition) is 1. The summed E-state index contributed by atoms with van der Waals surface area (Å²) in [7, 11) is -2.81. The molecule has 1 N–H and O–H groups in total. The molecule has 2 rings (SSSR count). The first kappa shape index (κ1) is 22.5. The summed E-state index contributed by atoms with van der Waals surface area (Å²) in [5, 5.41) is 12.0. The number of rotatable bonds is 8. The Morgan fingerprint density at radius 2 is 1.43 bits per heavy atom. The van der Waals surface area contributed by atoms with E-state index in [1.165, 1.54) is 0 Å². The van der Waals surface area contributed by atoms with Crippen molar-refractivity contribution in [2.45, 2.75) is 44.8 Å². The van der Waals surface area contributed by atoms with Crippen molar-refractivity contribution in [1.82, 2.24) is 0 Å². The molecule has 0 amide bonds. The van der Waals surface area contributed by atoms with Crippen LogP contribution in [0.3, 0.4) is 0 Å². The van der Waals surface area contributed by atoms with Crippen molar-refractivity contribution < 1.29 is 18.3 Å². The molecule has 0 saturated heterocycles. The summed E-state index contributed by atoms with van der Waals surface area (Å²) in [4.78, 5) is 0. The molecule has 0 spiro atoms. The minimum Gasteiger partial charge on any atom is -0.407 e. The standard InChI is InChI=1S/C23H30F2O2Si/c1-6-23(24,25)21(26)18(2)17-27-28(22(3,4)5,19-13-9-7-10-14-19)20-15-11-8-12-16-20/h6-16,18,21,26H,1,17H2,2-5H3. The van der Waals surface area contributed by atoms with Crippen LogP contribution in [0.15, 0.2) is 73.3 Å². The second-order valence-corrected chi connectivity index (χ2v) is 12.6. The Bertz CT molecular complexity index is 718. The van der Waals surface area contributed by atoms with Crippen LogP contribution < -0.4 is 10.4 Å².